The molecule has 2 unspecified atom stereocenters. The molecule has 3 amide bonds. The van der Waals surface area contributed by atoms with Crippen LogP contribution in [-0.4, -0.2) is 184 Å². The number of hydrogen-bond donors (Lipinski definition) is 5. The van der Waals surface area contributed by atoms with Gasteiger partial charge in [0.1, 0.15) is 46.4 Å². The Labute approximate surface area is 531 Å². The number of Topliss-reactive ketones (excluding diaryl/α,β-unsaturated/α-hetero) is 2. The molecule has 22 nitrogen and oxygen atoms in total. The molecular formula is C65H91ClN8O14S. The van der Waals surface area contributed by atoms with Crippen molar-refractivity contribution in [2.45, 2.75) is 186 Å². The van der Waals surface area contributed by atoms with Gasteiger partial charge in [0.05, 0.1) is 47.4 Å². The number of aryl methyl sites for hydroxylation is 2. The minimum atomic E-state index is -2.58. The number of nitrogens with zero attached hydrogens (tertiary/aromatic N) is 6. The van der Waals surface area contributed by atoms with Crippen LogP contribution in [-0.2, 0) is 47.7 Å². The molecule has 1 aliphatic carbocycles. The second-order valence-corrected chi connectivity index (χ2v) is 26.6. The minimum Gasteiger partial charge on any atom is -0.456 e. The molecule has 5 N–H and O–H groups in total. The average molecular weight is 1280 g/mol. The van der Waals surface area contributed by atoms with E-state index in [-0.39, 0.29) is 61.7 Å². The number of piperazine rings is 1. The number of carbonyl (C=O) groups excluding carboxylic acids is 6. The van der Waals surface area contributed by atoms with Crippen molar-refractivity contribution >= 4 is 80.6 Å². The number of allylic oxidation sites excluding steroid dienone is 3. The molecule has 14 atom stereocenters. The number of piperidine rings is 1. The lowest BCUT2D eigenvalue weighted by Crippen LogP contribution is -2.64. The topological polar surface area (TPSA) is 282 Å². The van der Waals surface area contributed by atoms with Crippen LogP contribution in [0.2, 0.25) is 5.02 Å². The fourth-order valence-corrected chi connectivity index (χ4v) is 14.4. The van der Waals surface area contributed by atoms with Gasteiger partial charge in [0.25, 0.3) is 17.6 Å². The number of thiazole rings is 1. The fraction of sp³-hybridized carbons (Fsp3) is 0.646. The maximum atomic E-state index is 14.8. The number of methoxy groups -OCH3 is 3. The SMILES string of the molecule is COC1C[C@@H](C)C/C(C)=C/[C@@H](CCCC(=O)N2CCN(c3cc(Nc4ncc(C(=O)Nc5c(C)cccc5Cl)s4)nc(C)n3)CC2)C(=O)C[C@H](O)[C@@H](C)[C@@H](/C(C)=C/[C@@H]2CC[C@@H](O)[C@H](OC)C2)OC(=O)[C@@H]2CCCCN2C(=O)C(=O)[C@]2(O)O[C@H]1C(OC)C[C@H]2C. The van der Waals surface area contributed by atoms with Gasteiger partial charge in [-0.1, -0.05) is 73.6 Å². The van der Waals surface area contributed by atoms with Crippen LogP contribution >= 0.6 is 22.9 Å². The zero-order valence-electron chi connectivity index (χ0n) is 53.1. The number of rotatable bonds is 14. The van der Waals surface area contributed by atoms with Gasteiger partial charge in [-0.2, -0.15) is 0 Å². The number of aliphatic hydroxyl groups excluding tert-OH is 2. The van der Waals surface area contributed by atoms with Crippen molar-refractivity contribution in [3.05, 3.63) is 75.0 Å². The number of halogens is 1. The van der Waals surface area contributed by atoms with Crippen molar-refractivity contribution in [1.29, 1.82) is 0 Å². The van der Waals surface area contributed by atoms with E-state index < -0.39 is 90.0 Å². The van der Waals surface area contributed by atoms with Gasteiger partial charge in [0, 0.05) is 90.7 Å². The third kappa shape index (κ3) is 17.0. The first-order valence-corrected chi connectivity index (χ1v) is 32.6. The molecule has 0 radical (unpaired) electrons. The smallest absolute Gasteiger partial charge is 0.329 e. The fourth-order valence-electron chi connectivity index (χ4n) is 13.4. The highest BCUT2D eigenvalue weighted by atomic mass is 35.5. The van der Waals surface area contributed by atoms with Crippen LogP contribution in [0.4, 0.5) is 22.5 Å². The summed E-state index contributed by atoms with van der Waals surface area (Å²) in [6.45, 7) is 14.7. The zero-order valence-corrected chi connectivity index (χ0v) is 54.6. The molecule has 4 fully saturated rings. The Hall–Kier alpha value is -5.76. The molecule has 2 bridgehead atoms. The predicted octanol–water partition coefficient (Wildman–Crippen LogP) is 8.09. The van der Waals surface area contributed by atoms with Gasteiger partial charge in [-0.3, -0.25) is 24.0 Å². The highest BCUT2D eigenvalue weighted by molar-refractivity contribution is 7.17. The third-order valence-electron chi connectivity index (χ3n) is 18.6. The summed E-state index contributed by atoms with van der Waals surface area (Å²) < 4.78 is 30.3. The molecule has 3 aromatic rings. The minimum absolute atomic E-state index is 0.0421. The van der Waals surface area contributed by atoms with E-state index in [2.05, 4.69) is 25.5 Å². The largest absolute Gasteiger partial charge is 0.456 e. The molecule has 4 aliphatic heterocycles. The normalized spacial score (nSPS) is 31.4. The van der Waals surface area contributed by atoms with E-state index in [1.54, 1.807) is 40.9 Å². The quantitative estimate of drug-likeness (QED) is 0.0579. The van der Waals surface area contributed by atoms with Gasteiger partial charge in [-0.05, 0) is 127 Å². The van der Waals surface area contributed by atoms with E-state index in [9.17, 15) is 44.1 Å². The highest BCUT2D eigenvalue weighted by Crippen LogP contribution is 2.40. The molecule has 2 aromatic heterocycles. The molecule has 89 heavy (non-hydrogen) atoms. The summed E-state index contributed by atoms with van der Waals surface area (Å²) in [5.74, 6) is -7.22. The van der Waals surface area contributed by atoms with E-state index in [0.29, 0.717) is 128 Å². The highest BCUT2D eigenvalue weighted by Gasteiger charge is 2.57. The second-order valence-electron chi connectivity index (χ2n) is 25.2. The van der Waals surface area contributed by atoms with Gasteiger partial charge < -0.3 is 64.3 Å². The summed E-state index contributed by atoms with van der Waals surface area (Å²) in [4.78, 5) is 105. The predicted molar refractivity (Wildman–Crippen MR) is 337 cm³/mol. The molecule has 1 saturated carbocycles. The molecular weight excluding hydrogens is 1180 g/mol. The van der Waals surface area contributed by atoms with Crippen LogP contribution in [0.5, 0.6) is 0 Å². The standard InChI is InChI=1S/C65H91ClN8O14S/c1-36-27-37(2)29-51(85-9)59-52(86-10)31-40(5)65(83,88-59)60(79)62(81)74-22-12-11-18-46(74)63(82)87-58(39(4)30-43-20-21-47(75)50(32-43)84-8)41(6)48(76)33-49(77)44(28-36)16-14-19-56(78)73-25-23-72(24-26-73)55-34-54(68-42(7)69-55)70-64-67-35-53(89-64)61(80)71-57-38(3)15-13-17-45(57)66/h13,15,17,28,30,34-35,37,40-41,43-44,46-48,50-52,58-59,75-76,83H,11-12,14,16,18-27,29,31-33H2,1-10H3,(H,71,80)(H,67,68,69,70)/b36-28+,39-30+/t37-,40+,41+,43-,44+,46-,47+,48-,50+,51?,52?,58+,59+,65+/m0/s1. The maximum Gasteiger partial charge on any atom is 0.329 e. The van der Waals surface area contributed by atoms with Crippen LogP contribution in [0.1, 0.15) is 139 Å². The van der Waals surface area contributed by atoms with Crippen LogP contribution in [0.15, 0.2) is 53.8 Å². The molecule has 6 heterocycles. The van der Waals surface area contributed by atoms with Gasteiger partial charge in [0.15, 0.2) is 5.13 Å². The van der Waals surface area contributed by atoms with Gasteiger partial charge in [0.2, 0.25) is 11.7 Å². The number of benzene rings is 1. The Balaban J connectivity index is 0.980. The summed E-state index contributed by atoms with van der Waals surface area (Å²) in [7, 11) is 4.58. The maximum absolute atomic E-state index is 14.8. The van der Waals surface area contributed by atoms with Gasteiger partial charge in [-0.15, -0.1) is 0 Å². The number of carbonyl (C=O) groups is 6. The Morgan fingerprint density at radius 3 is 2.31 bits per heavy atom. The molecule has 488 valence electrons. The van der Waals surface area contributed by atoms with Crippen molar-refractivity contribution in [2.75, 3.05) is 69.6 Å². The molecule has 0 spiro atoms. The lowest BCUT2D eigenvalue weighted by molar-refractivity contribution is -0.302. The second kappa shape index (κ2) is 31.0. The molecule has 24 heteroatoms. The first-order chi connectivity index (χ1) is 42.4. The first kappa shape index (κ1) is 69.1. The third-order valence-corrected chi connectivity index (χ3v) is 19.8. The number of fused-ring (bicyclic) bond motifs is 3. The van der Waals surface area contributed by atoms with Crippen LogP contribution in [0.3, 0.4) is 0 Å². The van der Waals surface area contributed by atoms with E-state index in [1.165, 1.54) is 36.7 Å². The number of amides is 3. The Morgan fingerprint density at radius 1 is 0.888 bits per heavy atom. The number of para-hydroxylation sites is 1. The zero-order chi connectivity index (χ0) is 64.4. The summed E-state index contributed by atoms with van der Waals surface area (Å²) in [6.07, 6.45) is 4.08. The molecule has 1 aromatic carbocycles. The summed E-state index contributed by atoms with van der Waals surface area (Å²) in [6, 6.07) is 5.99. The van der Waals surface area contributed by atoms with E-state index in [4.69, 9.17) is 40.3 Å². The average Bonchev–Trinajstić information content (AvgIpc) is 2.30. The number of cyclic esters (lactones) is 1. The number of hydrogen-bond acceptors (Lipinski definition) is 20. The molecule has 5 aliphatic rings. The van der Waals surface area contributed by atoms with E-state index >= 15 is 0 Å². The lowest BCUT2D eigenvalue weighted by atomic mass is 9.81. The Morgan fingerprint density at radius 2 is 1.61 bits per heavy atom. The Bertz CT molecular complexity index is 3040. The van der Waals surface area contributed by atoms with Crippen molar-refractivity contribution in [1.82, 2.24) is 24.8 Å². The van der Waals surface area contributed by atoms with Crippen LogP contribution < -0.4 is 15.5 Å². The Kier molecular flexibility index (Phi) is 24.1. The lowest BCUT2D eigenvalue weighted by Gasteiger charge is -2.47. The van der Waals surface area contributed by atoms with Crippen LogP contribution in [0, 0.1) is 43.4 Å². The first-order valence-electron chi connectivity index (χ1n) is 31.4. The van der Waals surface area contributed by atoms with E-state index in [1.807, 2.05) is 56.0 Å². The number of aliphatic hydroxyl groups is 3. The van der Waals surface area contributed by atoms with Crippen molar-refractivity contribution in [3.8, 4) is 0 Å². The summed E-state index contributed by atoms with van der Waals surface area (Å²) >= 11 is 7.52. The molecule has 8 rings (SSSR count). The number of aromatic nitrogens is 3. The van der Waals surface area contributed by atoms with Crippen molar-refractivity contribution < 1.29 is 67.8 Å². The van der Waals surface area contributed by atoms with Gasteiger partial charge >= 0.3 is 5.97 Å². The summed E-state index contributed by atoms with van der Waals surface area (Å²) in [5.41, 5.74) is 2.86. The van der Waals surface area contributed by atoms with Crippen LogP contribution in [0.25, 0.3) is 0 Å². The number of nitrogens with one attached hydrogen (secondary N) is 2. The van der Waals surface area contributed by atoms with Crippen molar-refractivity contribution in [2.24, 2.45) is 29.6 Å². The summed E-state index contributed by atoms with van der Waals surface area (Å²) in [5, 5.41) is 42.1. The number of anilines is 4. The number of ketones is 2. The van der Waals surface area contributed by atoms with Crippen molar-refractivity contribution in [3.63, 3.8) is 0 Å². The van der Waals surface area contributed by atoms with Gasteiger partial charge in [-0.25, -0.2) is 19.7 Å². The molecule has 3 saturated heterocycles. The number of ether oxygens (including phenoxy) is 5. The van der Waals surface area contributed by atoms with E-state index in [0.717, 1.165) is 11.1 Å². The number of esters is 1. The monoisotopic (exact) mass is 1270 g/mol.